The van der Waals surface area contributed by atoms with Gasteiger partial charge in [0.15, 0.2) is 0 Å². The van der Waals surface area contributed by atoms with Gasteiger partial charge in [-0.2, -0.15) is 5.26 Å². The van der Waals surface area contributed by atoms with Crippen LogP contribution in [0.25, 0.3) is 10.9 Å². The molecule has 1 aliphatic rings. The highest BCUT2D eigenvalue weighted by atomic mass is 16.5. The number of furan rings is 1. The predicted octanol–water partition coefficient (Wildman–Crippen LogP) is 3.89. The first-order chi connectivity index (χ1) is 12.2. The zero-order chi connectivity index (χ0) is 17.4. The van der Waals surface area contributed by atoms with E-state index < -0.39 is 0 Å². The summed E-state index contributed by atoms with van der Waals surface area (Å²) in [5, 5.41) is 10.7. The number of hydrogen-bond acceptors (Lipinski definition) is 5. The van der Waals surface area contributed by atoms with Crippen molar-refractivity contribution in [3.8, 4) is 6.07 Å². The number of ether oxygens (including phenoxy) is 1. The largest absolute Gasteiger partial charge is 0.467 e. The Hall–Kier alpha value is -2.84. The number of anilines is 1. The van der Waals surface area contributed by atoms with E-state index in [2.05, 4.69) is 41.9 Å². The van der Waals surface area contributed by atoms with E-state index in [1.165, 1.54) is 5.56 Å². The smallest absolute Gasteiger partial charge is 0.134 e. The van der Waals surface area contributed by atoms with Gasteiger partial charge in [0, 0.05) is 18.1 Å². The summed E-state index contributed by atoms with van der Waals surface area (Å²) < 4.78 is 11.4. The maximum atomic E-state index is 9.63. The van der Waals surface area contributed by atoms with Crippen LogP contribution in [0, 0.1) is 25.2 Å². The van der Waals surface area contributed by atoms with Gasteiger partial charge in [0.25, 0.3) is 0 Å². The van der Waals surface area contributed by atoms with E-state index in [9.17, 15) is 5.26 Å². The van der Waals surface area contributed by atoms with Crippen LogP contribution >= 0.6 is 0 Å². The zero-order valence-corrected chi connectivity index (χ0v) is 14.3. The number of rotatable bonds is 2. The lowest BCUT2D eigenvalue weighted by molar-refractivity contribution is 0.0258. The summed E-state index contributed by atoms with van der Waals surface area (Å²) in [5.41, 5.74) is 4.77. The van der Waals surface area contributed by atoms with Crippen LogP contribution < -0.4 is 4.90 Å². The summed E-state index contributed by atoms with van der Waals surface area (Å²) >= 11 is 0. The molecule has 0 bridgehead atoms. The van der Waals surface area contributed by atoms with Gasteiger partial charge in [0.2, 0.25) is 0 Å². The van der Waals surface area contributed by atoms with Crippen LogP contribution in [0.3, 0.4) is 0 Å². The molecule has 3 heterocycles. The van der Waals surface area contributed by atoms with Crippen molar-refractivity contribution in [1.29, 1.82) is 5.26 Å². The van der Waals surface area contributed by atoms with Crippen LogP contribution in [-0.4, -0.2) is 24.7 Å². The molecule has 0 spiro atoms. The van der Waals surface area contributed by atoms with Crippen LogP contribution in [0.1, 0.15) is 28.6 Å². The number of aryl methyl sites for hydroxylation is 2. The van der Waals surface area contributed by atoms with Gasteiger partial charge >= 0.3 is 0 Å². The van der Waals surface area contributed by atoms with Crippen LogP contribution in [0.4, 0.5) is 5.69 Å². The molecule has 5 heteroatoms. The van der Waals surface area contributed by atoms with Gasteiger partial charge in [0.05, 0.1) is 36.2 Å². The third kappa shape index (κ3) is 2.75. The first-order valence-electron chi connectivity index (χ1n) is 8.37. The van der Waals surface area contributed by atoms with Gasteiger partial charge in [-0.1, -0.05) is 11.6 Å². The second kappa shape index (κ2) is 6.23. The summed E-state index contributed by atoms with van der Waals surface area (Å²) in [6.45, 7) is 6.10. The summed E-state index contributed by atoms with van der Waals surface area (Å²) in [6, 6.07) is 10.3. The number of fused-ring (bicyclic) bond motifs is 1. The molecule has 25 heavy (non-hydrogen) atoms. The van der Waals surface area contributed by atoms with E-state index in [-0.39, 0.29) is 6.10 Å². The average molecular weight is 333 g/mol. The highest BCUT2D eigenvalue weighted by Crippen LogP contribution is 2.35. The van der Waals surface area contributed by atoms with Gasteiger partial charge < -0.3 is 14.1 Å². The summed E-state index contributed by atoms with van der Waals surface area (Å²) in [7, 11) is 0. The number of hydrogen-bond donors (Lipinski definition) is 0. The van der Waals surface area contributed by atoms with Crippen molar-refractivity contribution in [1.82, 2.24) is 4.98 Å². The van der Waals surface area contributed by atoms with Gasteiger partial charge in [0.1, 0.15) is 17.9 Å². The SMILES string of the molecule is Cc1cc(C)c2ncc(C#N)c(N3CCOC(c4ccco4)C3)c2c1. The second-order valence-corrected chi connectivity index (χ2v) is 6.43. The van der Waals surface area contributed by atoms with Gasteiger partial charge in [-0.25, -0.2) is 0 Å². The fourth-order valence-electron chi connectivity index (χ4n) is 3.57. The van der Waals surface area contributed by atoms with Crippen molar-refractivity contribution in [3.63, 3.8) is 0 Å². The van der Waals surface area contributed by atoms with E-state index >= 15 is 0 Å². The molecule has 1 fully saturated rings. The maximum Gasteiger partial charge on any atom is 0.134 e. The normalized spacial score (nSPS) is 17.6. The van der Waals surface area contributed by atoms with Crippen molar-refractivity contribution in [3.05, 3.63) is 59.2 Å². The Balaban J connectivity index is 1.83. The Bertz CT molecular complexity index is 957. The zero-order valence-electron chi connectivity index (χ0n) is 14.3. The Labute approximate surface area is 146 Å². The minimum atomic E-state index is -0.135. The van der Waals surface area contributed by atoms with Crippen LogP contribution in [0.15, 0.2) is 41.1 Å². The van der Waals surface area contributed by atoms with E-state index in [1.54, 1.807) is 12.5 Å². The first kappa shape index (κ1) is 15.7. The molecule has 5 nitrogen and oxygen atoms in total. The van der Waals surface area contributed by atoms with Crippen molar-refractivity contribution in [2.24, 2.45) is 0 Å². The number of aromatic nitrogens is 1. The summed E-state index contributed by atoms with van der Waals surface area (Å²) in [4.78, 5) is 6.74. The van der Waals surface area contributed by atoms with Gasteiger partial charge in [-0.05, 0) is 37.6 Å². The van der Waals surface area contributed by atoms with Crippen molar-refractivity contribution >= 4 is 16.6 Å². The Kier molecular flexibility index (Phi) is 3.90. The van der Waals surface area contributed by atoms with Crippen molar-refractivity contribution in [2.45, 2.75) is 20.0 Å². The average Bonchev–Trinajstić information content (AvgIpc) is 3.15. The Morgan fingerprint density at radius 3 is 2.96 bits per heavy atom. The lowest BCUT2D eigenvalue weighted by atomic mass is 10.0. The van der Waals surface area contributed by atoms with E-state index in [4.69, 9.17) is 9.15 Å². The topological polar surface area (TPSA) is 62.3 Å². The molecule has 4 rings (SSSR count). The molecule has 1 saturated heterocycles. The molecule has 1 unspecified atom stereocenters. The molecular weight excluding hydrogens is 314 g/mol. The van der Waals surface area contributed by atoms with Gasteiger partial charge in [-0.15, -0.1) is 0 Å². The van der Waals surface area contributed by atoms with Crippen LogP contribution in [-0.2, 0) is 4.74 Å². The fraction of sp³-hybridized carbons (Fsp3) is 0.300. The molecule has 1 aromatic carbocycles. The lowest BCUT2D eigenvalue weighted by Gasteiger charge is -2.34. The highest BCUT2D eigenvalue weighted by molar-refractivity contribution is 5.96. The van der Waals surface area contributed by atoms with Crippen molar-refractivity contribution in [2.75, 3.05) is 24.6 Å². The number of benzene rings is 1. The molecule has 0 radical (unpaired) electrons. The number of nitriles is 1. The maximum absolute atomic E-state index is 9.63. The third-order valence-corrected chi connectivity index (χ3v) is 4.64. The molecule has 0 aliphatic carbocycles. The third-order valence-electron chi connectivity index (χ3n) is 4.64. The predicted molar refractivity (Wildman–Crippen MR) is 95.5 cm³/mol. The Morgan fingerprint density at radius 1 is 1.32 bits per heavy atom. The fourth-order valence-corrected chi connectivity index (χ4v) is 3.57. The molecule has 2 aromatic heterocycles. The molecule has 0 saturated carbocycles. The quantitative estimate of drug-likeness (QED) is 0.712. The van der Waals surface area contributed by atoms with Crippen LogP contribution in [0.5, 0.6) is 0 Å². The minimum Gasteiger partial charge on any atom is -0.467 e. The summed E-state index contributed by atoms with van der Waals surface area (Å²) in [5.74, 6) is 0.814. The number of nitrogens with zero attached hydrogens (tertiary/aromatic N) is 3. The van der Waals surface area contributed by atoms with E-state index in [0.717, 1.165) is 34.5 Å². The second-order valence-electron chi connectivity index (χ2n) is 6.43. The molecule has 3 aromatic rings. The monoisotopic (exact) mass is 333 g/mol. The molecular formula is C20H19N3O2. The molecule has 0 N–H and O–H groups in total. The van der Waals surface area contributed by atoms with Gasteiger partial charge in [-0.3, -0.25) is 4.98 Å². The van der Waals surface area contributed by atoms with Crippen molar-refractivity contribution < 1.29 is 9.15 Å². The molecule has 1 aliphatic heterocycles. The van der Waals surface area contributed by atoms with E-state index in [0.29, 0.717) is 18.7 Å². The summed E-state index contributed by atoms with van der Waals surface area (Å²) in [6.07, 6.45) is 3.20. The van der Waals surface area contributed by atoms with E-state index in [1.807, 2.05) is 12.1 Å². The lowest BCUT2D eigenvalue weighted by Crippen LogP contribution is -2.38. The number of morpholine rings is 1. The minimum absolute atomic E-state index is 0.135. The number of pyridine rings is 1. The highest BCUT2D eigenvalue weighted by Gasteiger charge is 2.27. The van der Waals surface area contributed by atoms with Crippen LogP contribution in [0.2, 0.25) is 0 Å². The Morgan fingerprint density at radius 2 is 2.20 bits per heavy atom. The molecule has 1 atom stereocenters. The molecule has 0 amide bonds. The standard InChI is InChI=1S/C20H19N3O2/c1-13-8-14(2)19-16(9-13)20(15(10-21)11-22-19)23-5-7-25-18(12-23)17-4-3-6-24-17/h3-4,6,8-9,11,18H,5,7,12H2,1-2H3. The molecule has 126 valence electrons. The first-order valence-corrected chi connectivity index (χ1v) is 8.37.